The van der Waals surface area contributed by atoms with Gasteiger partial charge in [-0.1, -0.05) is 84.3 Å². The molecule has 2 aromatic heterocycles. The van der Waals surface area contributed by atoms with Crippen molar-refractivity contribution in [2.45, 2.75) is 105 Å². The van der Waals surface area contributed by atoms with E-state index in [2.05, 4.69) is 69.5 Å². The van der Waals surface area contributed by atoms with Crippen LogP contribution < -0.4 is 25.6 Å². The minimum Gasteiger partial charge on any atom is -0.489 e. The maximum atomic E-state index is 14.1. The van der Waals surface area contributed by atoms with E-state index in [1.54, 1.807) is 41.8 Å². The zero-order chi connectivity index (χ0) is 50.7. The average Bonchev–Trinajstić information content (AvgIpc) is 3.95. The van der Waals surface area contributed by atoms with Crippen LogP contribution in [0.15, 0.2) is 66.3 Å². The Morgan fingerprint density at radius 2 is 1.69 bits per heavy atom. The second-order valence-electron chi connectivity index (χ2n) is 21.0. The van der Waals surface area contributed by atoms with Crippen molar-refractivity contribution in [3.8, 4) is 22.3 Å². The number of likely N-dealkylation sites (tertiary alicyclic amines) is 1. The molecule has 0 unspecified atom stereocenters. The van der Waals surface area contributed by atoms with E-state index in [1.807, 2.05) is 70.5 Å². The molecule has 1 saturated carbocycles. The molecule has 0 spiro atoms. The maximum Gasteiger partial charge on any atom is 0.270 e. The highest BCUT2D eigenvalue weighted by atomic mass is 35.5. The summed E-state index contributed by atoms with van der Waals surface area (Å²) in [6, 6.07) is 16.3. The third kappa shape index (κ3) is 11.6. The van der Waals surface area contributed by atoms with E-state index >= 15 is 0 Å². The average molecular weight is 997 g/mol. The molecule has 4 heterocycles. The van der Waals surface area contributed by atoms with E-state index in [-0.39, 0.29) is 49.6 Å². The fraction of sp³-hybridized carbons (Fsp3) is 0.519. The number of carbonyl (C=O) groups is 4. The Labute approximate surface area is 420 Å². The molecule has 374 valence electrons. The van der Waals surface area contributed by atoms with Crippen molar-refractivity contribution >= 4 is 52.3 Å². The number of nitrogens with one attached hydrogen (secondary N) is 3. The number of aliphatic hydroxyl groups is 1. The number of hydrogen-bond donors (Lipinski definition) is 4. The number of halogens is 1. The van der Waals surface area contributed by atoms with Gasteiger partial charge in [-0.05, 0) is 54.7 Å². The first-order chi connectivity index (χ1) is 33.1. The third-order valence-electron chi connectivity index (χ3n) is 14.0. The molecule has 4 N–H and O–H groups in total. The topological polar surface area (TPSA) is 202 Å². The summed E-state index contributed by atoms with van der Waals surface area (Å²) in [5.41, 5.74) is 4.83. The van der Waals surface area contributed by atoms with Crippen LogP contribution in [0.2, 0.25) is 5.02 Å². The predicted octanol–water partition coefficient (Wildman–Crippen LogP) is 6.16. The first-order valence-corrected chi connectivity index (χ1v) is 25.1. The van der Waals surface area contributed by atoms with Gasteiger partial charge in [-0.3, -0.25) is 24.1 Å². The molecule has 4 atom stereocenters. The van der Waals surface area contributed by atoms with Gasteiger partial charge in [-0.15, -0.1) is 11.3 Å². The number of nitriles is 1. The van der Waals surface area contributed by atoms with Crippen molar-refractivity contribution in [2.24, 2.45) is 16.2 Å². The second-order valence-corrected chi connectivity index (χ2v) is 22.2. The Kier molecular flexibility index (Phi) is 15.9. The minimum absolute atomic E-state index is 0.0185. The molecule has 0 bridgehead atoms. The van der Waals surface area contributed by atoms with Crippen molar-refractivity contribution in [2.75, 3.05) is 57.4 Å². The van der Waals surface area contributed by atoms with E-state index in [9.17, 15) is 29.5 Å². The van der Waals surface area contributed by atoms with E-state index < -0.39 is 46.2 Å². The summed E-state index contributed by atoms with van der Waals surface area (Å²) in [5.74, 6) is -0.942. The van der Waals surface area contributed by atoms with Gasteiger partial charge in [0.2, 0.25) is 17.7 Å². The van der Waals surface area contributed by atoms with Crippen LogP contribution in [0.5, 0.6) is 5.75 Å². The Bertz CT molecular complexity index is 2550. The summed E-state index contributed by atoms with van der Waals surface area (Å²) in [6.45, 7) is 21.3. The second kappa shape index (κ2) is 21.4. The Morgan fingerprint density at radius 3 is 2.29 bits per heavy atom. The molecule has 18 heteroatoms. The van der Waals surface area contributed by atoms with Crippen LogP contribution in [0.4, 0.5) is 5.69 Å². The molecular formula is C52H66ClN9O7S. The lowest BCUT2D eigenvalue weighted by molar-refractivity contribution is -0.164. The number of aryl methyl sites for hydroxylation is 1. The van der Waals surface area contributed by atoms with Gasteiger partial charge >= 0.3 is 0 Å². The first kappa shape index (κ1) is 52.2. The summed E-state index contributed by atoms with van der Waals surface area (Å²) in [4.78, 5) is 70.4. The number of rotatable bonds is 16. The number of β-amino-alcohol motifs (C(OH)–C–C–N with tert-alkyl or cyclic N) is 1. The molecule has 70 heavy (non-hydrogen) atoms. The number of carbonyl (C=O) groups excluding carboxylic acids is 4. The van der Waals surface area contributed by atoms with Gasteiger partial charge in [0.15, 0.2) is 0 Å². The number of piperazine rings is 1. The summed E-state index contributed by atoms with van der Waals surface area (Å²) in [6.07, 6.45) is 0.716. The van der Waals surface area contributed by atoms with E-state index in [0.717, 1.165) is 53.6 Å². The smallest absolute Gasteiger partial charge is 0.270 e. The van der Waals surface area contributed by atoms with Crippen molar-refractivity contribution in [3.05, 3.63) is 93.8 Å². The van der Waals surface area contributed by atoms with Crippen LogP contribution in [0.3, 0.4) is 0 Å². The molecular weight excluding hydrogens is 930 g/mol. The number of ether oxygens (including phenoxy) is 2. The maximum absolute atomic E-state index is 14.1. The largest absolute Gasteiger partial charge is 0.489 e. The zero-order valence-corrected chi connectivity index (χ0v) is 43.1. The molecule has 1 aliphatic carbocycles. The van der Waals surface area contributed by atoms with E-state index in [4.69, 9.17) is 21.1 Å². The Hall–Kier alpha value is -5.64. The summed E-state index contributed by atoms with van der Waals surface area (Å²) >= 11 is 7.83. The molecule has 16 nitrogen and oxygen atoms in total. The van der Waals surface area contributed by atoms with Crippen molar-refractivity contribution in [3.63, 3.8) is 0 Å². The summed E-state index contributed by atoms with van der Waals surface area (Å²) in [5, 5.41) is 29.3. The van der Waals surface area contributed by atoms with Crippen molar-refractivity contribution < 1.29 is 33.8 Å². The minimum atomic E-state index is -0.965. The predicted molar refractivity (Wildman–Crippen MR) is 269 cm³/mol. The molecule has 4 aromatic rings. The van der Waals surface area contributed by atoms with Gasteiger partial charge in [-0.25, -0.2) is 9.97 Å². The lowest BCUT2D eigenvalue weighted by Gasteiger charge is -2.63. The lowest BCUT2D eigenvalue weighted by atomic mass is 9.49. The van der Waals surface area contributed by atoms with E-state index in [1.165, 1.54) is 4.90 Å². The Balaban J connectivity index is 0.831. The molecule has 4 amide bonds. The number of hydrogen-bond acceptors (Lipinski definition) is 13. The van der Waals surface area contributed by atoms with Crippen LogP contribution in [0.25, 0.3) is 10.4 Å². The molecule has 3 aliphatic rings. The standard InChI is InChI=1S/C52H66ClN9O7S/c1-31(33-10-12-34(13-11-33)43-32(2)56-30-70-43)57-46(66)41-24-37(63)28-62(41)47(67)44(50(3,4)5)58-42(64)29-68-23-22-60-18-20-61(21-19-60)36-15-17-40(55-27-36)45(65)59-48-51(6,7)49(52(48,8)9)69-38-16-14-35(26-54)39(53)25-38/h10-17,25,27,30-31,37,41,44,48-49,63H,18-24,28-29H2,1-9H3,(H,57,66)(H,58,64)(H,59,65)/t31-,37+,41-,44+,48-,49-/m0/s1. The lowest BCUT2D eigenvalue weighted by Crippen LogP contribution is -2.74. The van der Waals surface area contributed by atoms with Crippen LogP contribution in [-0.4, -0.2) is 131 Å². The highest BCUT2D eigenvalue weighted by Gasteiger charge is 2.64. The van der Waals surface area contributed by atoms with E-state index in [0.29, 0.717) is 35.2 Å². The Morgan fingerprint density at radius 1 is 0.986 bits per heavy atom. The normalized spacial score (nSPS) is 21.7. The molecule has 2 aromatic carbocycles. The molecule has 2 saturated heterocycles. The van der Waals surface area contributed by atoms with Gasteiger partial charge in [0.25, 0.3) is 5.91 Å². The quantitative estimate of drug-likeness (QED) is 0.0934. The fourth-order valence-corrected chi connectivity index (χ4v) is 11.3. The number of nitrogens with zero attached hydrogens (tertiary/aromatic N) is 6. The number of pyridine rings is 1. The zero-order valence-electron chi connectivity index (χ0n) is 41.5. The van der Waals surface area contributed by atoms with Crippen molar-refractivity contribution in [1.29, 1.82) is 5.26 Å². The molecule has 2 aliphatic heterocycles. The van der Waals surface area contributed by atoms with Gasteiger partial charge in [-0.2, -0.15) is 5.26 Å². The van der Waals surface area contributed by atoms with Crippen LogP contribution in [0.1, 0.15) is 95.2 Å². The summed E-state index contributed by atoms with van der Waals surface area (Å²) in [7, 11) is 0. The monoisotopic (exact) mass is 995 g/mol. The highest BCUT2D eigenvalue weighted by Crippen LogP contribution is 2.55. The van der Waals surface area contributed by atoms with Crippen LogP contribution in [-0.2, 0) is 19.1 Å². The van der Waals surface area contributed by atoms with Crippen LogP contribution in [0, 0.1) is 34.5 Å². The fourth-order valence-electron chi connectivity index (χ4n) is 10.3. The van der Waals surface area contributed by atoms with Gasteiger partial charge in [0.1, 0.15) is 42.3 Å². The number of aromatic nitrogens is 2. The van der Waals surface area contributed by atoms with Gasteiger partial charge in [0, 0.05) is 68.6 Å². The summed E-state index contributed by atoms with van der Waals surface area (Å²) < 4.78 is 12.2. The molecule has 3 fully saturated rings. The number of amides is 4. The SMILES string of the molecule is Cc1ncsc1-c1ccc([C@H](C)NC(=O)[C@@H]2C[C@@H](O)CN2C(=O)[C@@H](NC(=O)COCCN2CCN(c3ccc(C(=O)N[C@H]4C(C)(C)[C@H](Oc5ccc(C#N)c(Cl)c5)C4(C)C)nc3)CC2)C(C)(C)C)cc1. The number of aliphatic hydroxyl groups excluding tert-OH is 1. The molecule has 0 radical (unpaired) electrons. The van der Waals surface area contributed by atoms with Crippen LogP contribution >= 0.6 is 22.9 Å². The highest BCUT2D eigenvalue weighted by molar-refractivity contribution is 7.13. The van der Waals surface area contributed by atoms with Gasteiger partial charge in [0.05, 0.1) is 57.3 Å². The number of anilines is 1. The van der Waals surface area contributed by atoms with Crippen molar-refractivity contribution in [1.82, 2.24) is 35.7 Å². The molecule has 7 rings (SSSR count). The number of benzene rings is 2. The van der Waals surface area contributed by atoms with Gasteiger partial charge < -0.3 is 40.3 Å². The number of thiazole rings is 1. The first-order valence-electron chi connectivity index (χ1n) is 23.9. The third-order valence-corrected chi connectivity index (χ3v) is 15.3.